The summed E-state index contributed by atoms with van der Waals surface area (Å²) >= 11 is 0. The van der Waals surface area contributed by atoms with Gasteiger partial charge in [0.1, 0.15) is 0 Å². The minimum Gasteiger partial charge on any atom is -0.490 e. The van der Waals surface area contributed by atoms with Crippen LogP contribution < -0.4 is 14.8 Å². The average Bonchev–Trinajstić information content (AvgIpc) is 2.71. The second-order valence-corrected chi connectivity index (χ2v) is 7.89. The summed E-state index contributed by atoms with van der Waals surface area (Å²) in [7, 11) is 0. The zero-order valence-electron chi connectivity index (χ0n) is 18.4. The maximum absolute atomic E-state index is 12.3. The highest BCUT2D eigenvalue weighted by Gasteiger charge is 2.16. The second kappa shape index (κ2) is 10.7. The van der Waals surface area contributed by atoms with Crippen LogP contribution in [0.4, 0.5) is 5.69 Å². The molecule has 0 bridgehead atoms. The Morgan fingerprint density at radius 2 is 1.63 bits per heavy atom. The summed E-state index contributed by atoms with van der Waals surface area (Å²) in [4.78, 5) is 24.5. The van der Waals surface area contributed by atoms with E-state index in [1.165, 1.54) is 5.56 Å². The van der Waals surface area contributed by atoms with Crippen molar-refractivity contribution in [1.82, 2.24) is 0 Å². The van der Waals surface area contributed by atoms with Gasteiger partial charge in [-0.3, -0.25) is 4.79 Å². The maximum Gasteiger partial charge on any atom is 0.338 e. The largest absolute Gasteiger partial charge is 0.490 e. The van der Waals surface area contributed by atoms with Crippen molar-refractivity contribution >= 4 is 17.6 Å². The summed E-state index contributed by atoms with van der Waals surface area (Å²) in [5, 5.41) is 2.73. The molecule has 2 rings (SSSR count). The fourth-order valence-electron chi connectivity index (χ4n) is 2.70. The van der Waals surface area contributed by atoms with Gasteiger partial charge in [0.05, 0.1) is 18.8 Å². The Kier molecular flexibility index (Phi) is 8.27. The predicted octanol–water partition coefficient (Wildman–Crippen LogP) is 4.97. The van der Waals surface area contributed by atoms with Crippen molar-refractivity contribution in [1.29, 1.82) is 0 Å². The van der Waals surface area contributed by atoms with Gasteiger partial charge in [-0.15, -0.1) is 0 Å². The summed E-state index contributed by atoms with van der Waals surface area (Å²) in [6, 6.07) is 12.5. The van der Waals surface area contributed by atoms with Gasteiger partial charge in [-0.2, -0.15) is 0 Å². The number of nitrogens with one attached hydrogen (secondary N) is 1. The molecule has 0 unspecified atom stereocenters. The van der Waals surface area contributed by atoms with Crippen molar-refractivity contribution in [2.45, 2.75) is 46.5 Å². The first kappa shape index (κ1) is 23.3. The van der Waals surface area contributed by atoms with Gasteiger partial charge in [0.15, 0.2) is 18.1 Å². The van der Waals surface area contributed by atoms with Gasteiger partial charge in [0.2, 0.25) is 0 Å². The van der Waals surface area contributed by atoms with Crippen LogP contribution in [0.5, 0.6) is 11.5 Å². The molecular formula is C24H31NO5. The van der Waals surface area contributed by atoms with Crippen molar-refractivity contribution in [3.8, 4) is 11.5 Å². The standard InChI is InChI=1S/C24H31NO5/c1-6-14-29-20-13-8-17(15-21(20)28-7-2)23(27)30-16-22(26)25-19-11-9-18(10-12-19)24(3,4)5/h8-13,15H,6-7,14,16H2,1-5H3,(H,25,26). The summed E-state index contributed by atoms with van der Waals surface area (Å²) in [5.74, 6) is 0.0477. The van der Waals surface area contributed by atoms with Gasteiger partial charge in [-0.05, 0) is 54.7 Å². The molecule has 0 saturated heterocycles. The smallest absolute Gasteiger partial charge is 0.338 e. The number of amides is 1. The van der Waals surface area contributed by atoms with Crippen LogP contribution in [0.2, 0.25) is 0 Å². The van der Waals surface area contributed by atoms with Crippen LogP contribution in [0.1, 0.15) is 57.0 Å². The first-order valence-corrected chi connectivity index (χ1v) is 10.2. The summed E-state index contributed by atoms with van der Waals surface area (Å²) in [5.41, 5.74) is 2.16. The SMILES string of the molecule is CCCOc1ccc(C(=O)OCC(=O)Nc2ccc(C(C)(C)C)cc2)cc1OCC. The monoisotopic (exact) mass is 413 g/mol. The molecule has 6 nitrogen and oxygen atoms in total. The molecule has 0 aliphatic rings. The molecule has 0 aliphatic carbocycles. The van der Waals surface area contributed by atoms with Crippen LogP contribution in [0, 0.1) is 0 Å². The van der Waals surface area contributed by atoms with Gasteiger partial charge < -0.3 is 19.5 Å². The molecule has 2 aromatic carbocycles. The average molecular weight is 414 g/mol. The van der Waals surface area contributed by atoms with E-state index >= 15 is 0 Å². The highest BCUT2D eigenvalue weighted by Crippen LogP contribution is 2.29. The van der Waals surface area contributed by atoms with Gasteiger partial charge in [-0.25, -0.2) is 4.79 Å². The van der Waals surface area contributed by atoms with Crippen LogP contribution >= 0.6 is 0 Å². The molecule has 162 valence electrons. The van der Waals surface area contributed by atoms with Crippen LogP contribution in [0.25, 0.3) is 0 Å². The number of anilines is 1. The van der Waals surface area contributed by atoms with Gasteiger partial charge >= 0.3 is 5.97 Å². The molecule has 6 heteroatoms. The van der Waals surface area contributed by atoms with Crippen molar-refractivity contribution in [2.24, 2.45) is 0 Å². The van der Waals surface area contributed by atoms with E-state index in [1.807, 2.05) is 38.1 Å². The Hall–Kier alpha value is -3.02. The molecule has 0 atom stereocenters. The van der Waals surface area contributed by atoms with E-state index in [-0.39, 0.29) is 12.0 Å². The fourth-order valence-corrected chi connectivity index (χ4v) is 2.70. The molecule has 0 aromatic heterocycles. The minimum absolute atomic E-state index is 0.0372. The number of rotatable bonds is 9. The minimum atomic E-state index is -0.601. The van der Waals surface area contributed by atoms with Crippen LogP contribution in [0.15, 0.2) is 42.5 Å². The lowest BCUT2D eigenvalue weighted by atomic mass is 9.87. The molecule has 1 N–H and O–H groups in total. The number of ether oxygens (including phenoxy) is 3. The third-order valence-corrected chi connectivity index (χ3v) is 4.31. The second-order valence-electron chi connectivity index (χ2n) is 7.89. The number of hydrogen-bond acceptors (Lipinski definition) is 5. The Morgan fingerprint density at radius 3 is 2.23 bits per heavy atom. The molecule has 2 aromatic rings. The van der Waals surface area contributed by atoms with Crippen molar-refractivity contribution in [2.75, 3.05) is 25.1 Å². The number of hydrogen-bond donors (Lipinski definition) is 1. The predicted molar refractivity (Wildman–Crippen MR) is 117 cm³/mol. The third kappa shape index (κ3) is 6.79. The number of carbonyl (C=O) groups is 2. The first-order valence-electron chi connectivity index (χ1n) is 10.2. The summed E-state index contributed by atoms with van der Waals surface area (Å²) in [6.07, 6.45) is 0.864. The number of benzene rings is 2. The lowest BCUT2D eigenvalue weighted by Crippen LogP contribution is -2.21. The van der Waals surface area contributed by atoms with E-state index in [4.69, 9.17) is 14.2 Å². The summed E-state index contributed by atoms with van der Waals surface area (Å²) in [6.45, 7) is 10.9. The Labute approximate surface area is 178 Å². The molecule has 0 saturated carbocycles. The normalized spacial score (nSPS) is 11.0. The molecule has 1 amide bonds. The molecule has 0 fully saturated rings. The fraction of sp³-hybridized carbons (Fsp3) is 0.417. The van der Waals surface area contributed by atoms with Crippen molar-refractivity contribution in [3.05, 3.63) is 53.6 Å². The quantitative estimate of drug-likeness (QED) is 0.588. The van der Waals surface area contributed by atoms with Crippen LogP contribution in [-0.4, -0.2) is 31.7 Å². The van der Waals surface area contributed by atoms with Crippen LogP contribution in [-0.2, 0) is 14.9 Å². The Bertz CT molecular complexity index is 853. The van der Waals surface area contributed by atoms with Crippen LogP contribution in [0.3, 0.4) is 0 Å². The third-order valence-electron chi connectivity index (χ3n) is 4.31. The molecule has 0 spiro atoms. The lowest BCUT2D eigenvalue weighted by molar-refractivity contribution is -0.119. The molecule has 0 heterocycles. The van der Waals surface area contributed by atoms with Gasteiger partial charge in [0, 0.05) is 5.69 Å². The summed E-state index contributed by atoms with van der Waals surface area (Å²) < 4.78 is 16.3. The Morgan fingerprint density at radius 1 is 0.933 bits per heavy atom. The molecule has 0 radical (unpaired) electrons. The molecule has 30 heavy (non-hydrogen) atoms. The number of carbonyl (C=O) groups excluding carboxylic acids is 2. The highest BCUT2D eigenvalue weighted by molar-refractivity contribution is 5.95. The maximum atomic E-state index is 12.3. The van der Waals surface area contributed by atoms with Gasteiger partial charge in [-0.1, -0.05) is 39.8 Å². The zero-order chi connectivity index (χ0) is 22.1. The lowest BCUT2D eigenvalue weighted by Gasteiger charge is -2.19. The van der Waals surface area contributed by atoms with E-state index in [2.05, 4.69) is 26.1 Å². The first-order chi connectivity index (χ1) is 14.2. The van der Waals surface area contributed by atoms with E-state index in [9.17, 15) is 9.59 Å². The van der Waals surface area contributed by atoms with Crippen molar-refractivity contribution < 1.29 is 23.8 Å². The van der Waals surface area contributed by atoms with E-state index in [0.29, 0.717) is 36.0 Å². The Balaban J connectivity index is 1.94. The van der Waals surface area contributed by atoms with Crippen molar-refractivity contribution in [3.63, 3.8) is 0 Å². The molecule has 0 aliphatic heterocycles. The topological polar surface area (TPSA) is 73.9 Å². The highest BCUT2D eigenvalue weighted by atomic mass is 16.5. The number of esters is 1. The molecular weight excluding hydrogens is 382 g/mol. The zero-order valence-corrected chi connectivity index (χ0v) is 18.4. The van der Waals surface area contributed by atoms with E-state index < -0.39 is 11.9 Å². The van der Waals surface area contributed by atoms with E-state index in [1.54, 1.807) is 18.2 Å². The van der Waals surface area contributed by atoms with Gasteiger partial charge in [0.25, 0.3) is 5.91 Å². The van der Waals surface area contributed by atoms with E-state index in [0.717, 1.165) is 6.42 Å².